The molecule has 2 bridgehead atoms. The van der Waals surface area contributed by atoms with E-state index in [2.05, 4.69) is 10.2 Å². The topological polar surface area (TPSA) is 35.5 Å². The molecule has 2 N–H and O–H groups in total. The summed E-state index contributed by atoms with van der Waals surface area (Å²) in [5.74, 6) is 3.23. The van der Waals surface area contributed by atoms with E-state index in [4.69, 9.17) is 0 Å². The van der Waals surface area contributed by atoms with Crippen molar-refractivity contribution in [3.8, 4) is 0 Å². The number of fused-ring (bicyclic) bond motifs is 1. The predicted molar refractivity (Wildman–Crippen MR) is 73.9 cm³/mol. The highest BCUT2D eigenvalue weighted by Gasteiger charge is 2.58. The molecular weight excluding hydrogens is 248 g/mol. The average Bonchev–Trinajstić information content (AvgIpc) is 2.92. The third-order valence-corrected chi connectivity index (χ3v) is 5.84. The minimum Gasteiger partial charge on any atom is -0.391 e. The monoisotopic (exact) mass is 272 g/mol. The van der Waals surface area contributed by atoms with Crippen molar-refractivity contribution in [2.75, 3.05) is 26.2 Å². The first-order valence-electron chi connectivity index (χ1n) is 7.46. The van der Waals surface area contributed by atoms with Crippen molar-refractivity contribution in [1.82, 2.24) is 10.2 Å². The number of aliphatic hydroxyl groups excluding tert-OH is 1. The summed E-state index contributed by atoms with van der Waals surface area (Å²) < 4.78 is 0. The smallest absolute Gasteiger partial charge is 0.0726 e. The molecule has 2 aliphatic heterocycles. The Morgan fingerprint density at radius 2 is 2.11 bits per heavy atom. The van der Waals surface area contributed by atoms with Crippen molar-refractivity contribution in [3.05, 3.63) is 0 Å². The van der Waals surface area contributed by atoms with Gasteiger partial charge in [0, 0.05) is 19.1 Å². The van der Waals surface area contributed by atoms with Crippen LogP contribution >= 0.6 is 12.4 Å². The molecule has 6 atom stereocenters. The first-order chi connectivity index (χ1) is 8.33. The van der Waals surface area contributed by atoms with Crippen LogP contribution in [0.3, 0.4) is 0 Å². The Labute approximate surface area is 116 Å². The van der Waals surface area contributed by atoms with E-state index in [1.807, 2.05) is 0 Å². The fraction of sp³-hybridized carbons (Fsp3) is 1.00. The SMILES string of the molecule is Cl.OC1C2CC3CN(CC4CCCNC4)C1C3C2. The van der Waals surface area contributed by atoms with Crippen LogP contribution in [-0.4, -0.2) is 48.3 Å². The molecule has 2 saturated carbocycles. The van der Waals surface area contributed by atoms with E-state index in [1.54, 1.807) is 0 Å². The number of rotatable bonds is 2. The normalized spacial score (nSPS) is 50.5. The molecule has 0 radical (unpaired) electrons. The Hall–Kier alpha value is 0.170. The van der Waals surface area contributed by atoms with E-state index >= 15 is 0 Å². The van der Waals surface area contributed by atoms with Crippen LogP contribution in [0.1, 0.15) is 25.7 Å². The van der Waals surface area contributed by atoms with E-state index in [-0.39, 0.29) is 18.5 Å². The second kappa shape index (κ2) is 4.93. The molecule has 4 fully saturated rings. The zero-order valence-electron chi connectivity index (χ0n) is 10.9. The third-order valence-electron chi connectivity index (χ3n) is 5.84. The number of aliphatic hydroxyl groups is 1. The molecule has 0 spiro atoms. The zero-order chi connectivity index (χ0) is 11.4. The first kappa shape index (κ1) is 13.2. The lowest BCUT2D eigenvalue weighted by Gasteiger charge is -2.33. The number of halogens is 1. The zero-order valence-corrected chi connectivity index (χ0v) is 11.7. The molecule has 2 heterocycles. The summed E-state index contributed by atoms with van der Waals surface area (Å²) in [6.07, 6.45) is 5.33. The van der Waals surface area contributed by atoms with Crippen LogP contribution in [0.4, 0.5) is 0 Å². The van der Waals surface area contributed by atoms with Crippen molar-refractivity contribution >= 4 is 12.4 Å². The molecule has 0 amide bonds. The molecule has 0 aromatic carbocycles. The van der Waals surface area contributed by atoms with Crippen LogP contribution < -0.4 is 5.32 Å². The molecule has 0 aromatic heterocycles. The molecule has 18 heavy (non-hydrogen) atoms. The Bertz CT molecular complexity index is 306. The first-order valence-corrected chi connectivity index (χ1v) is 7.46. The lowest BCUT2D eigenvalue weighted by molar-refractivity contribution is 0.0440. The summed E-state index contributed by atoms with van der Waals surface area (Å²) in [7, 11) is 0. The van der Waals surface area contributed by atoms with Crippen LogP contribution in [0.25, 0.3) is 0 Å². The van der Waals surface area contributed by atoms with Gasteiger partial charge in [0.25, 0.3) is 0 Å². The van der Waals surface area contributed by atoms with Gasteiger partial charge >= 0.3 is 0 Å². The van der Waals surface area contributed by atoms with Gasteiger partial charge < -0.3 is 10.4 Å². The largest absolute Gasteiger partial charge is 0.391 e. The summed E-state index contributed by atoms with van der Waals surface area (Å²) in [5.41, 5.74) is 0. The van der Waals surface area contributed by atoms with Gasteiger partial charge in [-0.3, -0.25) is 4.90 Å². The Morgan fingerprint density at radius 3 is 2.83 bits per heavy atom. The number of nitrogens with zero attached hydrogens (tertiary/aromatic N) is 1. The highest BCUT2D eigenvalue weighted by molar-refractivity contribution is 5.85. The lowest BCUT2D eigenvalue weighted by Crippen LogP contribution is -2.45. The molecule has 3 nitrogen and oxygen atoms in total. The Morgan fingerprint density at radius 1 is 1.22 bits per heavy atom. The van der Waals surface area contributed by atoms with Crippen molar-refractivity contribution < 1.29 is 5.11 Å². The van der Waals surface area contributed by atoms with E-state index in [0.29, 0.717) is 12.0 Å². The molecule has 4 aliphatic rings. The summed E-state index contributed by atoms with van der Waals surface area (Å²) in [6.45, 7) is 4.90. The van der Waals surface area contributed by atoms with E-state index < -0.39 is 0 Å². The molecule has 104 valence electrons. The van der Waals surface area contributed by atoms with Gasteiger partial charge in [-0.1, -0.05) is 0 Å². The minimum atomic E-state index is -0.00435. The highest BCUT2D eigenvalue weighted by atomic mass is 35.5. The molecule has 2 saturated heterocycles. The van der Waals surface area contributed by atoms with Gasteiger partial charge in [0.1, 0.15) is 0 Å². The standard InChI is InChI=1S/C14H24N2O.ClH/c17-14-10-4-11-8-16(13(14)12(11)5-10)7-9-2-1-3-15-6-9;/h9-15,17H,1-8H2;1H. The predicted octanol–water partition coefficient (Wildman–Crippen LogP) is 1.11. The van der Waals surface area contributed by atoms with Gasteiger partial charge in [0.15, 0.2) is 0 Å². The fourth-order valence-electron chi connectivity index (χ4n) is 5.16. The number of hydrogen-bond donors (Lipinski definition) is 2. The van der Waals surface area contributed by atoms with Gasteiger partial charge in [0.2, 0.25) is 0 Å². The summed E-state index contributed by atoms with van der Waals surface area (Å²) >= 11 is 0. The van der Waals surface area contributed by atoms with Crippen molar-refractivity contribution in [1.29, 1.82) is 0 Å². The van der Waals surface area contributed by atoms with Crippen LogP contribution in [-0.2, 0) is 0 Å². The summed E-state index contributed by atoms with van der Waals surface area (Å²) in [4.78, 5) is 2.64. The molecule has 4 heteroatoms. The van der Waals surface area contributed by atoms with Crippen LogP contribution in [0, 0.1) is 23.7 Å². The van der Waals surface area contributed by atoms with E-state index in [0.717, 1.165) is 17.8 Å². The maximum atomic E-state index is 10.3. The lowest BCUT2D eigenvalue weighted by atomic mass is 9.88. The Balaban J connectivity index is 0.000001000. The molecule has 4 rings (SSSR count). The van der Waals surface area contributed by atoms with Crippen molar-refractivity contribution in [3.63, 3.8) is 0 Å². The van der Waals surface area contributed by atoms with Gasteiger partial charge in [-0.15, -0.1) is 12.4 Å². The second-order valence-electron chi connectivity index (χ2n) is 6.80. The summed E-state index contributed by atoms with van der Waals surface area (Å²) in [5, 5.41) is 13.9. The van der Waals surface area contributed by atoms with Crippen molar-refractivity contribution in [2.24, 2.45) is 23.7 Å². The van der Waals surface area contributed by atoms with Crippen LogP contribution in [0.2, 0.25) is 0 Å². The number of hydrogen-bond acceptors (Lipinski definition) is 3. The highest BCUT2D eigenvalue weighted by Crippen LogP contribution is 2.54. The van der Waals surface area contributed by atoms with Gasteiger partial charge in [0.05, 0.1) is 6.10 Å². The molecule has 2 aliphatic carbocycles. The van der Waals surface area contributed by atoms with Gasteiger partial charge in [-0.25, -0.2) is 0 Å². The van der Waals surface area contributed by atoms with Crippen molar-refractivity contribution in [2.45, 2.75) is 37.8 Å². The second-order valence-corrected chi connectivity index (χ2v) is 6.80. The molecule has 6 unspecified atom stereocenters. The van der Waals surface area contributed by atoms with Crippen LogP contribution in [0.5, 0.6) is 0 Å². The van der Waals surface area contributed by atoms with Gasteiger partial charge in [-0.05, 0) is 62.4 Å². The van der Waals surface area contributed by atoms with Gasteiger partial charge in [-0.2, -0.15) is 0 Å². The third kappa shape index (κ3) is 1.91. The number of piperidine rings is 1. The maximum Gasteiger partial charge on any atom is 0.0726 e. The number of nitrogens with one attached hydrogen (secondary N) is 1. The van der Waals surface area contributed by atoms with E-state index in [9.17, 15) is 5.11 Å². The maximum absolute atomic E-state index is 10.3. The number of likely N-dealkylation sites (tertiary alicyclic amines) is 1. The average molecular weight is 273 g/mol. The summed E-state index contributed by atoms with van der Waals surface area (Å²) in [6, 6.07) is 0.528. The fourth-order valence-corrected chi connectivity index (χ4v) is 5.16. The van der Waals surface area contributed by atoms with Crippen LogP contribution in [0.15, 0.2) is 0 Å². The quantitative estimate of drug-likeness (QED) is 0.791. The Kier molecular flexibility index (Phi) is 3.61. The molecule has 0 aromatic rings. The minimum absolute atomic E-state index is 0. The van der Waals surface area contributed by atoms with E-state index in [1.165, 1.54) is 51.9 Å². The molecular formula is C14H25ClN2O.